The zero-order valence-electron chi connectivity index (χ0n) is 17.5. The quantitative estimate of drug-likeness (QED) is 0.341. The lowest BCUT2D eigenvalue weighted by Crippen LogP contribution is -2.40. The van der Waals surface area contributed by atoms with Crippen molar-refractivity contribution in [3.8, 4) is 5.75 Å². The highest BCUT2D eigenvalue weighted by molar-refractivity contribution is 7.91. The highest BCUT2D eigenvalue weighted by Gasteiger charge is 2.32. The molecule has 4 rings (SSSR count). The Hall–Kier alpha value is -2.95. The number of nitrogen functional groups attached to an aromatic ring is 1. The van der Waals surface area contributed by atoms with E-state index in [0.29, 0.717) is 30.1 Å². The molecule has 8 nitrogen and oxygen atoms in total. The lowest BCUT2D eigenvalue weighted by Gasteiger charge is -2.16. The number of carbonyl (C=O) groups excluding carboxylic acids is 1. The summed E-state index contributed by atoms with van der Waals surface area (Å²) in [4.78, 5) is 15.3. The van der Waals surface area contributed by atoms with Crippen LogP contribution in [0.15, 0.2) is 52.7 Å². The molecule has 4 N–H and O–H groups in total. The molecule has 32 heavy (non-hydrogen) atoms. The van der Waals surface area contributed by atoms with Gasteiger partial charge in [-0.25, -0.2) is 8.42 Å². The van der Waals surface area contributed by atoms with Crippen LogP contribution in [0.2, 0.25) is 0 Å². The summed E-state index contributed by atoms with van der Waals surface area (Å²) in [5, 5.41) is 14.0. The van der Waals surface area contributed by atoms with Crippen LogP contribution in [-0.4, -0.2) is 50.6 Å². The van der Waals surface area contributed by atoms with E-state index in [1.807, 2.05) is 17.5 Å². The Morgan fingerprint density at radius 3 is 2.75 bits per heavy atom. The molecule has 1 atom stereocenters. The minimum Gasteiger partial charge on any atom is -0.497 e. The first-order chi connectivity index (χ1) is 15.3. The van der Waals surface area contributed by atoms with Gasteiger partial charge in [-0.3, -0.25) is 15.5 Å². The van der Waals surface area contributed by atoms with Crippen LogP contribution in [0.3, 0.4) is 0 Å². The number of benzene rings is 2. The summed E-state index contributed by atoms with van der Waals surface area (Å²) in [6, 6.07) is 11.7. The van der Waals surface area contributed by atoms with Gasteiger partial charge in [-0.1, -0.05) is 12.1 Å². The number of thiophene rings is 1. The molecule has 0 bridgehead atoms. The number of ether oxygens (including phenoxy) is 1. The Kier molecular flexibility index (Phi) is 6.18. The first-order valence-electron chi connectivity index (χ1n) is 10.0. The van der Waals surface area contributed by atoms with Gasteiger partial charge in [0.1, 0.15) is 17.5 Å². The first-order valence-corrected chi connectivity index (χ1v) is 12.5. The van der Waals surface area contributed by atoms with Crippen LogP contribution in [0.25, 0.3) is 10.8 Å². The predicted octanol–water partition coefficient (Wildman–Crippen LogP) is 2.32. The average molecular weight is 473 g/mol. The van der Waals surface area contributed by atoms with Crippen LogP contribution in [0.1, 0.15) is 16.9 Å². The number of likely N-dealkylation sites (tertiary alicyclic amines) is 1. The maximum Gasteiger partial charge on any atom is 0.240 e. The molecule has 1 unspecified atom stereocenters. The number of hydrogen-bond donors (Lipinski definition) is 3. The standard InChI is InChI=1S/C22H24N4O4S2/c1-30-17-4-2-15-3-5-18(10-16(15)9-17)32(28,29)13-25-19-6-7-26(22(19)27)11-14-8-20(21(23)24)31-12-14/h2-5,8-10,12,19,25H,6-7,11,13H2,1H3,(H3,23,24). The number of carbonyl (C=O) groups is 1. The second kappa shape index (κ2) is 8.89. The Morgan fingerprint density at radius 2 is 2.03 bits per heavy atom. The zero-order valence-corrected chi connectivity index (χ0v) is 19.1. The van der Waals surface area contributed by atoms with Crippen molar-refractivity contribution in [2.24, 2.45) is 5.73 Å². The van der Waals surface area contributed by atoms with Gasteiger partial charge in [-0.05, 0) is 58.5 Å². The number of amides is 1. The van der Waals surface area contributed by atoms with E-state index < -0.39 is 15.9 Å². The third kappa shape index (κ3) is 4.62. The van der Waals surface area contributed by atoms with Gasteiger partial charge in [0.05, 0.1) is 22.9 Å². The van der Waals surface area contributed by atoms with Crippen LogP contribution in [-0.2, 0) is 21.2 Å². The van der Waals surface area contributed by atoms with Crippen molar-refractivity contribution in [3.05, 3.63) is 58.3 Å². The van der Waals surface area contributed by atoms with Gasteiger partial charge in [0, 0.05) is 13.1 Å². The SMILES string of the molecule is COc1ccc2ccc(S(=O)(=O)CNC3CCN(Cc4csc(C(=N)N)c4)C3=O)cc2c1. The van der Waals surface area contributed by atoms with Gasteiger partial charge in [0.2, 0.25) is 5.91 Å². The molecule has 0 aliphatic carbocycles. The third-order valence-corrected chi connectivity index (χ3v) is 8.02. The summed E-state index contributed by atoms with van der Waals surface area (Å²) in [6.07, 6.45) is 0.535. The number of nitrogens with zero attached hydrogens (tertiary/aromatic N) is 1. The van der Waals surface area contributed by atoms with Gasteiger partial charge < -0.3 is 15.4 Å². The van der Waals surface area contributed by atoms with Crippen molar-refractivity contribution in [1.29, 1.82) is 5.41 Å². The number of nitrogens with two attached hydrogens (primary N) is 1. The molecule has 0 saturated carbocycles. The van der Waals surface area contributed by atoms with Gasteiger partial charge in [-0.15, -0.1) is 11.3 Å². The van der Waals surface area contributed by atoms with Crippen molar-refractivity contribution in [2.45, 2.75) is 23.9 Å². The Balaban J connectivity index is 1.40. The lowest BCUT2D eigenvalue weighted by molar-refractivity contribution is -0.129. The number of sulfone groups is 1. The first kappa shape index (κ1) is 22.3. The maximum atomic E-state index is 12.9. The number of hydrogen-bond acceptors (Lipinski definition) is 7. The monoisotopic (exact) mass is 472 g/mol. The summed E-state index contributed by atoms with van der Waals surface area (Å²) >= 11 is 1.37. The highest BCUT2D eigenvalue weighted by Crippen LogP contribution is 2.25. The van der Waals surface area contributed by atoms with E-state index >= 15 is 0 Å². The van der Waals surface area contributed by atoms with E-state index in [1.165, 1.54) is 11.3 Å². The largest absolute Gasteiger partial charge is 0.497 e. The molecule has 1 aromatic heterocycles. The fourth-order valence-corrected chi connectivity index (χ4v) is 5.66. The van der Waals surface area contributed by atoms with Crippen molar-refractivity contribution in [3.63, 3.8) is 0 Å². The molecule has 3 aromatic rings. The summed E-state index contributed by atoms with van der Waals surface area (Å²) in [5.74, 6) is 0.215. The normalized spacial score (nSPS) is 16.6. The molecule has 1 amide bonds. The fourth-order valence-electron chi connectivity index (χ4n) is 3.72. The lowest BCUT2D eigenvalue weighted by atomic mass is 10.1. The van der Waals surface area contributed by atoms with E-state index in [9.17, 15) is 13.2 Å². The second-order valence-electron chi connectivity index (χ2n) is 7.67. The van der Waals surface area contributed by atoms with Gasteiger partial charge in [-0.2, -0.15) is 0 Å². The molecule has 1 aliphatic heterocycles. The molecule has 10 heteroatoms. The van der Waals surface area contributed by atoms with E-state index in [0.717, 1.165) is 16.3 Å². The van der Waals surface area contributed by atoms with Crippen LogP contribution >= 0.6 is 11.3 Å². The van der Waals surface area contributed by atoms with Crippen molar-refractivity contribution in [1.82, 2.24) is 10.2 Å². The minimum atomic E-state index is -3.62. The van der Waals surface area contributed by atoms with E-state index in [4.69, 9.17) is 15.9 Å². The molecule has 2 heterocycles. The van der Waals surface area contributed by atoms with Crippen LogP contribution < -0.4 is 15.8 Å². The molecule has 1 aliphatic rings. The number of nitrogens with one attached hydrogen (secondary N) is 2. The second-order valence-corrected chi connectivity index (χ2v) is 10.6. The van der Waals surface area contributed by atoms with Crippen molar-refractivity contribution < 1.29 is 17.9 Å². The number of rotatable bonds is 8. The number of fused-ring (bicyclic) bond motifs is 1. The van der Waals surface area contributed by atoms with E-state index in [2.05, 4.69) is 5.32 Å². The summed E-state index contributed by atoms with van der Waals surface area (Å²) in [6.45, 7) is 0.956. The summed E-state index contributed by atoms with van der Waals surface area (Å²) in [7, 11) is -2.06. The molecule has 1 saturated heterocycles. The average Bonchev–Trinajstić information content (AvgIpc) is 3.39. The molecule has 168 valence electrons. The Morgan fingerprint density at radius 1 is 1.25 bits per heavy atom. The van der Waals surface area contributed by atoms with Crippen molar-refractivity contribution in [2.75, 3.05) is 19.5 Å². The van der Waals surface area contributed by atoms with E-state index in [-0.39, 0.29) is 22.5 Å². The van der Waals surface area contributed by atoms with Crippen molar-refractivity contribution >= 4 is 43.7 Å². The topological polar surface area (TPSA) is 126 Å². The van der Waals surface area contributed by atoms with Gasteiger partial charge in [0.15, 0.2) is 9.84 Å². The fraction of sp³-hybridized carbons (Fsp3) is 0.273. The molecule has 2 aromatic carbocycles. The summed E-state index contributed by atoms with van der Waals surface area (Å²) in [5.41, 5.74) is 6.41. The zero-order chi connectivity index (χ0) is 22.9. The predicted molar refractivity (Wildman–Crippen MR) is 125 cm³/mol. The van der Waals surface area contributed by atoms with Gasteiger partial charge in [0.25, 0.3) is 0 Å². The van der Waals surface area contributed by atoms with Crippen LogP contribution in [0.5, 0.6) is 5.75 Å². The molecular weight excluding hydrogens is 448 g/mol. The highest BCUT2D eigenvalue weighted by atomic mass is 32.2. The Labute approximate surface area is 190 Å². The maximum absolute atomic E-state index is 12.9. The van der Waals surface area contributed by atoms with Crippen LogP contribution in [0.4, 0.5) is 0 Å². The minimum absolute atomic E-state index is 0.00545. The summed E-state index contributed by atoms with van der Waals surface area (Å²) < 4.78 is 31.0. The molecule has 1 fully saturated rings. The van der Waals surface area contributed by atoms with Gasteiger partial charge >= 0.3 is 0 Å². The van der Waals surface area contributed by atoms with E-state index in [1.54, 1.807) is 42.3 Å². The number of methoxy groups -OCH3 is 1. The molecule has 0 spiro atoms. The molecular formula is C22H24N4O4S2. The van der Waals surface area contributed by atoms with Crippen LogP contribution in [0, 0.1) is 5.41 Å². The Bertz CT molecular complexity index is 1290. The smallest absolute Gasteiger partial charge is 0.240 e. The number of amidine groups is 1. The molecule has 0 radical (unpaired) electrons. The third-order valence-electron chi connectivity index (χ3n) is 5.49.